The number of anilines is 2. The lowest BCUT2D eigenvalue weighted by atomic mass is 10.1. The first-order valence-electron chi connectivity index (χ1n) is 6.65. The number of nitrogen functional groups attached to an aromatic ring is 1. The summed E-state index contributed by atoms with van der Waals surface area (Å²) in [6.45, 7) is 2.48. The average Bonchev–Trinajstić information content (AvgIpc) is 2.42. The Morgan fingerprint density at radius 2 is 2.00 bits per heavy atom. The Bertz CT molecular complexity index is 671. The summed E-state index contributed by atoms with van der Waals surface area (Å²) in [6.07, 6.45) is 0.717. The first kappa shape index (κ1) is 14.8. The fraction of sp³-hybridized carbons (Fsp3) is 0.188. The zero-order chi connectivity index (χ0) is 15.4. The van der Waals surface area contributed by atoms with Gasteiger partial charge in [0.2, 0.25) is 0 Å². The van der Waals surface area contributed by atoms with Crippen molar-refractivity contribution in [3.8, 4) is 0 Å². The molecule has 0 saturated heterocycles. The maximum Gasteiger partial charge on any atom is 0.250 e. The highest BCUT2D eigenvalue weighted by Crippen LogP contribution is 2.19. The molecule has 110 valence electrons. The van der Waals surface area contributed by atoms with Crippen molar-refractivity contribution in [1.82, 2.24) is 0 Å². The molecule has 5 N–H and O–H groups in total. The van der Waals surface area contributed by atoms with Crippen molar-refractivity contribution < 1.29 is 9.18 Å². The Morgan fingerprint density at radius 3 is 2.67 bits per heavy atom. The van der Waals surface area contributed by atoms with Gasteiger partial charge in [0.15, 0.2) is 0 Å². The number of rotatable bonds is 5. The number of hydrogen-bond acceptors (Lipinski definition) is 3. The fourth-order valence-corrected chi connectivity index (χ4v) is 2.19. The third-order valence-corrected chi connectivity index (χ3v) is 3.32. The van der Waals surface area contributed by atoms with E-state index in [2.05, 4.69) is 5.32 Å². The van der Waals surface area contributed by atoms with Gasteiger partial charge in [-0.2, -0.15) is 0 Å². The highest BCUT2D eigenvalue weighted by molar-refractivity contribution is 5.99. The lowest BCUT2D eigenvalue weighted by molar-refractivity contribution is 0.100. The van der Waals surface area contributed by atoms with Gasteiger partial charge >= 0.3 is 0 Å². The highest BCUT2D eigenvalue weighted by atomic mass is 19.1. The molecule has 2 aromatic rings. The monoisotopic (exact) mass is 287 g/mol. The molecule has 0 spiro atoms. The van der Waals surface area contributed by atoms with E-state index < -0.39 is 5.91 Å². The summed E-state index contributed by atoms with van der Waals surface area (Å²) in [7, 11) is 0. The number of benzene rings is 2. The summed E-state index contributed by atoms with van der Waals surface area (Å²) in [5.41, 5.74) is 14.4. The maximum absolute atomic E-state index is 13.0. The van der Waals surface area contributed by atoms with Crippen LogP contribution in [0.15, 0.2) is 36.4 Å². The molecule has 0 aliphatic heterocycles. The molecule has 5 heteroatoms. The van der Waals surface area contributed by atoms with Crippen LogP contribution in [0.2, 0.25) is 0 Å². The second-order valence-corrected chi connectivity index (χ2v) is 4.92. The van der Waals surface area contributed by atoms with Crippen LogP contribution in [0.5, 0.6) is 0 Å². The van der Waals surface area contributed by atoms with Crippen LogP contribution in [0, 0.1) is 12.7 Å². The van der Waals surface area contributed by atoms with Gasteiger partial charge in [0, 0.05) is 17.9 Å². The van der Waals surface area contributed by atoms with Gasteiger partial charge in [-0.05, 0) is 54.8 Å². The summed E-state index contributed by atoms with van der Waals surface area (Å²) in [5, 5.41) is 3.16. The van der Waals surface area contributed by atoms with Crippen LogP contribution in [0.25, 0.3) is 0 Å². The summed E-state index contributed by atoms with van der Waals surface area (Å²) in [5.74, 6) is -0.762. The van der Waals surface area contributed by atoms with E-state index in [1.54, 1.807) is 24.3 Å². The second-order valence-electron chi connectivity index (χ2n) is 4.92. The Balaban J connectivity index is 2.05. The standard InChI is InChI=1S/C16H18FN3O/c1-10-8-12(17)3-2-11(10)6-7-20-15-5-4-13(18)9-14(15)16(19)21/h2-5,8-9,20H,6-7,18H2,1H3,(H2,19,21). The Morgan fingerprint density at radius 1 is 1.24 bits per heavy atom. The first-order valence-corrected chi connectivity index (χ1v) is 6.65. The molecule has 1 amide bonds. The molecule has 2 rings (SSSR count). The molecule has 0 fully saturated rings. The van der Waals surface area contributed by atoms with Crippen molar-refractivity contribution in [3.05, 3.63) is 58.9 Å². The molecule has 0 aromatic heterocycles. The molecular formula is C16H18FN3O. The summed E-state index contributed by atoms with van der Waals surface area (Å²) >= 11 is 0. The maximum atomic E-state index is 13.0. The van der Waals surface area contributed by atoms with Crippen molar-refractivity contribution in [2.24, 2.45) is 5.73 Å². The molecule has 0 heterocycles. The minimum atomic E-state index is -0.525. The topological polar surface area (TPSA) is 81.1 Å². The second kappa shape index (κ2) is 6.26. The number of carbonyl (C=O) groups excluding carboxylic acids is 1. The van der Waals surface area contributed by atoms with Gasteiger partial charge in [0.25, 0.3) is 5.91 Å². The highest BCUT2D eigenvalue weighted by Gasteiger charge is 2.08. The van der Waals surface area contributed by atoms with Crippen molar-refractivity contribution in [2.75, 3.05) is 17.6 Å². The number of aryl methyl sites for hydroxylation is 1. The third kappa shape index (κ3) is 3.72. The molecule has 21 heavy (non-hydrogen) atoms. The lowest BCUT2D eigenvalue weighted by Gasteiger charge is -2.12. The van der Waals surface area contributed by atoms with E-state index in [0.29, 0.717) is 29.9 Å². The third-order valence-electron chi connectivity index (χ3n) is 3.32. The van der Waals surface area contributed by atoms with E-state index >= 15 is 0 Å². The minimum absolute atomic E-state index is 0.237. The van der Waals surface area contributed by atoms with E-state index in [1.165, 1.54) is 12.1 Å². The van der Waals surface area contributed by atoms with Crippen LogP contribution in [0.1, 0.15) is 21.5 Å². The summed E-state index contributed by atoms with van der Waals surface area (Å²) < 4.78 is 13.0. The van der Waals surface area contributed by atoms with Crippen LogP contribution in [0.3, 0.4) is 0 Å². The quantitative estimate of drug-likeness (QED) is 0.739. The molecule has 0 saturated carbocycles. The number of amides is 1. The molecule has 0 aliphatic carbocycles. The number of halogens is 1. The number of nitrogens with one attached hydrogen (secondary N) is 1. The molecule has 0 radical (unpaired) electrons. The predicted molar refractivity (Wildman–Crippen MR) is 82.7 cm³/mol. The Labute approximate surface area is 123 Å². The minimum Gasteiger partial charge on any atom is -0.399 e. The van der Waals surface area contributed by atoms with Crippen molar-refractivity contribution in [3.63, 3.8) is 0 Å². The van der Waals surface area contributed by atoms with Crippen LogP contribution < -0.4 is 16.8 Å². The largest absolute Gasteiger partial charge is 0.399 e. The fourth-order valence-electron chi connectivity index (χ4n) is 2.19. The van der Waals surface area contributed by atoms with Crippen LogP contribution >= 0.6 is 0 Å². The molecule has 0 atom stereocenters. The SMILES string of the molecule is Cc1cc(F)ccc1CCNc1ccc(N)cc1C(N)=O. The normalized spacial score (nSPS) is 10.4. The van der Waals surface area contributed by atoms with Gasteiger partial charge in [-0.1, -0.05) is 6.07 Å². The van der Waals surface area contributed by atoms with Gasteiger partial charge < -0.3 is 16.8 Å². The lowest BCUT2D eigenvalue weighted by Crippen LogP contribution is -2.16. The van der Waals surface area contributed by atoms with E-state index in [1.807, 2.05) is 6.92 Å². The van der Waals surface area contributed by atoms with Crippen LogP contribution in [-0.4, -0.2) is 12.5 Å². The predicted octanol–water partition coefficient (Wildman–Crippen LogP) is 2.47. The van der Waals surface area contributed by atoms with E-state index in [0.717, 1.165) is 11.1 Å². The smallest absolute Gasteiger partial charge is 0.250 e. The first-order chi connectivity index (χ1) is 9.97. The summed E-state index contributed by atoms with van der Waals surface area (Å²) in [4.78, 5) is 11.4. The van der Waals surface area contributed by atoms with E-state index in [4.69, 9.17) is 11.5 Å². The molecule has 4 nitrogen and oxygen atoms in total. The number of nitrogens with two attached hydrogens (primary N) is 2. The van der Waals surface area contributed by atoms with Crippen LogP contribution in [0.4, 0.5) is 15.8 Å². The van der Waals surface area contributed by atoms with Crippen molar-refractivity contribution in [1.29, 1.82) is 0 Å². The Kier molecular flexibility index (Phi) is 4.42. The van der Waals surface area contributed by atoms with Gasteiger partial charge in [0.1, 0.15) is 5.82 Å². The molecule has 2 aromatic carbocycles. The van der Waals surface area contributed by atoms with Crippen molar-refractivity contribution >= 4 is 17.3 Å². The Hall–Kier alpha value is -2.56. The molecule has 0 unspecified atom stereocenters. The van der Waals surface area contributed by atoms with Crippen LogP contribution in [-0.2, 0) is 6.42 Å². The zero-order valence-electron chi connectivity index (χ0n) is 11.8. The van der Waals surface area contributed by atoms with Gasteiger partial charge in [-0.3, -0.25) is 4.79 Å². The number of carbonyl (C=O) groups is 1. The van der Waals surface area contributed by atoms with E-state index in [9.17, 15) is 9.18 Å². The molecule has 0 bridgehead atoms. The van der Waals surface area contributed by atoms with Gasteiger partial charge in [-0.15, -0.1) is 0 Å². The molecular weight excluding hydrogens is 269 g/mol. The average molecular weight is 287 g/mol. The molecule has 0 aliphatic rings. The van der Waals surface area contributed by atoms with E-state index in [-0.39, 0.29) is 5.82 Å². The van der Waals surface area contributed by atoms with Gasteiger partial charge in [0.05, 0.1) is 5.56 Å². The summed E-state index contributed by atoms with van der Waals surface area (Å²) in [6, 6.07) is 9.71. The number of primary amides is 1. The van der Waals surface area contributed by atoms with Gasteiger partial charge in [-0.25, -0.2) is 4.39 Å². The zero-order valence-corrected chi connectivity index (χ0v) is 11.8. The van der Waals surface area contributed by atoms with Crippen molar-refractivity contribution in [2.45, 2.75) is 13.3 Å². The number of hydrogen-bond donors (Lipinski definition) is 3.